The van der Waals surface area contributed by atoms with Gasteiger partial charge in [-0.05, 0) is 32.6 Å². The zero-order valence-corrected chi connectivity index (χ0v) is 21.0. The van der Waals surface area contributed by atoms with E-state index in [2.05, 4.69) is 25.9 Å². The van der Waals surface area contributed by atoms with Crippen LogP contribution in [0.5, 0.6) is 0 Å². The van der Waals surface area contributed by atoms with Gasteiger partial charge in [-0.2, -0.15) is 0 Å². The number of carboxylic acids is 2. The van der Waals surface area contributed by atoms with Crippen molar-refractivity contribution in [3.8, 4) is 0 Å². The number of carbonyl (C=O) groups is 5. The van der Waals surface area contributed by atoms with E-state index in [4.69, 9.17) is 28.7 Å². The zero-order chi connectivity index (χ0) is 29.4. The first-order valence-corrected chi connectivity index (χ1v) is 11.6. The molecule has 16 N–H and O–H groups in total. The Morgan fingerprint density at radius 3 is 1.71 bits per heavy atom. The second-order valence-electron chi connectivity index (χ2n) is 8.29. The van der Waals surface area contributed by atoms with E-state index in [9.17, 15) is 39.3 Å². The van der Waals surface area contributed by atoms with Gasteiger partial charge in [-0.25, -0.2) is 4.79 Å². The fraction of sp³-hybridized carbons (Fsp3) is 0.650. The lowest BCUT2D eigenvalue weighted by atomic mass is 10.1. The molecule has 0 saturated heterocycles. The van der Waals surface area contributed by atoms with Crippen LogP contribution in [0, 0.1) is 0 Å². The highest BCUT2D eigenvalue weighted by Crippen LogP contribution is 2.04. The van der Waals surface area contributed by atoms with Crippen LogP contribution in [0.4, 0.5) is 0 Å². The molecule has 0 aromatic rings. The third kappa shape index (κ3) is 14.4. The highest BCUT2D eigenvalue weighted by molar-refractivity contribution is 5.95. The van der Waals surface area contributed by atoms with Crippen LogP contribution in [0.25, 0.3) is 0 Å². The summed E-state index contributed by atoms with van der Waals surface area (Å²) in [6.07, 6.45) is -1.82. The minimum atomic E-state index is -1.73. The summed E-state index contributed by atoms with van der Waals surface area (Å²) in [7, 11) is 0. The van der Waals surface area contributed by atoms with Gasteiger partial charge in [0, 0.05) is 13.1 Å². The molecule has 0 aliphatic carbocycles. The number of hydrogen-bond donors (Lipinski definition) is 11. The van der Waals surface area contributed by atoms with Gasteiger partial charge < -0.3 is 59.9 Å². The first-order chi connectivity index (χ1) is 17.6. The Hall–Kier alpha value is -4.19. The van der Waals surface area contributed by atoms with Crippen molar-refractivity contribution in [3.63, 3.8) is 0 Å². The molecule has 18 nitrogen and oxygen atoms in total. The number of hydrogen-bond acceptors (Lipinski definition) is 9. The molecular weight excluding hydrogens is 508 g/mol. The molecule has 5 unspecified atom stereocenters. The Labute approximate surface area is 218 Å². The topological polar surface area (TPSA) is 337 Å². The molecule has 0 aromatic heterocycles. The van der Waals surface area contributed by atoms with E-state index in [-0.39, 0.29) is 44.3 Å². The molecule has 0 aliphatic heterocycles. The van der Waals surface area contributed by atoms with E-state index >= 15 is 0 Å². The van der Waals surface area contributed by atoms with Gasteiger partial charge in [-0.1, -0.05) is 0 Å². The van der Waals surface area contributed by atoms with Crippen LogP contribution in [-0.4, -0.2) is 100 Å². The van der Waals surface area contributed by atoms with Crippen molar-refractivity contribution in [3.05, 3.63) is 0 Å². The van der Waals surface area contributed by atoms with Crippen molar-refractivity contribution in [1.82, 2.24) is 16.0 Å². The van der Waals surface area contributed by atoms with Gasteiger partial charge in [-0.3, -0.25) is 29.2 Å². The summed E-state index contributed by atoms with van der Waals surface area (Å²) in [5, 5.41) is 35.1. The molecule has 0 heterocycles. The molecule has 0 spiro atoms. The lowest BCUT2D eigenvalue weighted by Crippen LogP contribution is -2.60. The maximum absolute atomic E-state index is 12.8. The second-order valence-corrected chi connectivity index (χ2v) is 8.29. The third-order valence-electron chi connectivity index (χ3n) is 4.94. The van der Waals surface area contributed by atoms with Crippen molar-refractivity contribution in [2.45, 2.75) is 69.3 Å². The molecule has 216 valence electrons. The van der Waals surface area contributed by atoms with Gasteiger partial charge in [0.05, 0.1) is 18.6 Å². The van der Waals surface area contributed by atoms with Gasteiger partial charge in [0.1, 0.15) is 18.1 Å². The van der Waals surface area contributed by atoms with Crippen LogP contribution in [0.15, 0.2) is 9.98 Å². The maximum atomic E-state index is 12.8. The second kappa shape index (κ2) is 17.3. The molecular formula is C20H38N10O8. The Bertz CT molecular complexity index is 887. The highest BCUT2D eigenvalue weighted by atomic mass is 16.4. The molecule has 5 atom stereocenters. The summed E-state index contributed by atoms with van der Waals surface area (Å²) in [6, 6.07) is -5.86. The summed E-state index contributed by atoms with van der Waals surface area (Å²) < 4.78 is 0. The first-order valence-electron chi connectivity index (χ1n) is 11.6. The highest BCUT2D eigenvalue weighted by Gasteiger charge is 2.33. The predicted octanol–water partition coefficient (Wildman–Crippen LogP) is -5.18. The van der Waals surface area contributed by atoms with E-state index in [1.807, 2.05) is 0 Å². The molecule has 0 aliphatic rings. The van der Waals surface area contributed by atoms with E-state index < -0.39 is 66.4 Å². The van der Waals surface area contributed by atoms with Gasteiger partial charge in [0.15, 0.2) is 11.9 Å². The van der Waals surface area contributed by atoms with Gasteiger partial charge >= 0.3 is 11.9 Å². The number of nitrogens with zero attached hydrogens (tertiary/aromatic N) is 2. The summed E-state index contributed by atoms with van der Waals surface area (Å²) in [5.41, 5.74) is 26.6. The molecule has 0 bridgehead atoms. The Kier molecular flexibility index (Phi) is 15.4. The van der Waals surface area contributed by atoms with Gasteiger partial charge in [-0.15, -0.1) is 0 Å². The summed E-state index contributed by atoms with van der Waals surface area (Å²) in [6.45, 7) is 1.48. The van der Waals surface area contributed by atoms with Crippen LogP contribution in [0.1, 0.15) is 39.0 Å². The SMILES string of the molecule is CC(O)C(NC(=O)C(N)CCCN=C(N)N)C(=O)NC(CC(=O)O)C(=O)NC(CCCN=C(N)N)C(=O)O. The van der Waals surface area contributed by atoms with Crippen molar-refractivity contribution in [2.24, 2.45) is 38.7 Å². The van der Waals surface area contributed by atoms with Crippen molar-refractivity contribution < 1.29 is 39.3 Å². The van der Waals surface area contributed by atoms with Crippen LogP contribution >= 0.6 is 0 Å². The average molecular weight is 547 g/mol. The van der Waals surface area contributed by atoms with Crippen molar-refractivity contribution >= 4 is 41.6 Å². The Morgan fingerprint density at radius 1 is 0.763 bits per heavy atom. The number of aliphatic hydroxyl groups excluding tert-OH is 1. The van der Waals surface area contributed by atoms with Gasteiger partial charge in [0.25, 0.3) is 0 Å². The number of aliphatic carboxylic acids is 2. The normalized spacial score (nSPS) is 14.5. The quantitative estimate of drug-likeness (QED) is 0.0435. The zero-order valence-electron chi connectivity index (χ0n) is 21.0. The fourth-order valence-corrected chi connectivity index (χ4v) is 2.99. The van der Waals surface area contributed by atoms with Crippen LogP contribution < -0.4 is 44.6 Å². The van der Waals surface area contributed by atoms with Crippen molar-refractivity contribution in [1.29, 1.82) is 0 Å². The van der Waals surface area contributed by atoms with Crippen molar-refractivity contribution in [2.75, 3.05) is 13.1 Å². The molecule has 38 heavy (non-hydrogen) atoms. The molecule has 18 heteroatoms. The first kappa shape index (κ1) is 33.8. The molecule has 0 rings (SSSR count). The summed E-state index contributed by atoms with van der Waals surface area (Å²) >= 11 is 0. The Balaban J connectivity index is 5.34. The number of nitrogens with two attached hydrogens (primary N) is 5. The lowest BCUT2D eigenvalue weighted by Gasteiger charge is -2.26. The minimum absolute atomic E-state index is 0.0868. The monoisotopic (exact) mass is 546 g/mol. The van der Waals surface area contributed by atoms with E-state index in [1.54, 1.807) is 0 Å². The fourth-order valence-electron chi connectivity index (χ4n) is 2.99. The van der Waals surface area contributed by atoms with E-state index in [0.29, 0.717) is 6.42 Å². The third-order valence-corrected chi connectivity index (χ3v) is 4.94. The minimum Gasteiger partial charge on any atom is -0.481 e. The van der Waals surface area contributed by atoms with Crippen LogP contribution in [0.2, 0.25) is 0 Å². The van der Waals surface area contributed by atoms with Gasteiger partial charge in [0.2, 0.25) is 17.7 Å². The average Bonchev–Trinajstić information content (AvgIpc) is 2.80. The number of guanidine groups is 2. The Morgan fingerprint density at radius 2 is 1.26 bits per heavy atom. The standard InChI is InChI=1S/C20H38N10O8/c1-9(31)14(30-15(34)10(21)4-2-6-26-19(22)23)17(36)29-12(8-13(32)33)16(35)28-11(18(37)38)5-3-7-27-20(24)25/h9-12,14,31H,2-8,21H2,1H3,(H,28,35)(H,29,36)(H,30,34)(H,32,33)(H,37,38)(H4,22,23,26)(H4,24,25,27). The number of amides is 3. The number of nitrogens with one attached hydrogen (secondary N) is 3. The molecule has 0 radical (unpaired) electrons. The van der Waals surface area contributed by atoms with E-state index in [1.165, 1.54) is 6.92 Å². The smallest absolute Gasteiger partial charge is 0.326 e. The molecule has 3 amide bonds. The molecule has 0 aromatic carbocycles. The number of rotatable bonds is 18. The summed E-state index contributed by atoms with van der Waals surface area (Å²) in [5.74, 6) is -6.23. The number of aliphatic imine (C=N–C) groups is 2. The predicted molar refractivity (Wildman–Crippen MR) is 135 cm³/mol. The number of carboxylic acid groups (broad SMARTS) is 2. The van der Waals surface area contributed by atoms with Crippen LogP contribution in [-0.2, 0) is 24.0 Å². The largest absolute Gasteiger partial charge is 0.481 e. The molecule has 0 fully saturated rings. The molecule has 0 saturated carbocycles. The maximum Gasteiger partial charge on any atom is 0.326 e. The van der Waals surface area contributed by atoms with E-state index in [0.717, 1.165) is 0 Å². The van der Waals surface area contributed by atoms with Crippen LogP contribution in [0.3, 0.4) is 0 Å². The lowest BCUT2D eigenvalue weighted by molar-refractivity contribution is -0.144. The number of carbonyl (C=O) groups excluding carboxylic acids is 3. The number of aliphatic hydroxyl groups is 1. The summed E-state index contributed by atoms with van der Waals surface area (Å²) in [4.78, 5) is 68.1.